The Morgan fingerprint density at radius 1 is 1.48 bits per heavy atom. The van der Waals surface area contributed by atoms with Crippen molar-refractivity contribution in [2.45, 2.75) is 26.3 Å². The fraction of sp³-hybridized carbons (Fsp3) is 0.438. The van der Waals surface area contributed by atoms with Crippen molar-refractivity contribution in [1.82, 2.24) is 15.1 Å². The van der Waals surface area contributed by atoms with E-state index in [0.29, 0.717) is 13.1 Å². The van der Waals surface area contributed by atoms with Gasteiger partial charge in [0.2, 0.25) is 5.91 Å². The highest BCUT2D eigenvalue weighted by Gasteiger charge is 2.50. The van der Waals surface area contributed by atoms with Gasteiger partial charge in [-0.1, -0.05) is 18.2 Å². The van der Waals surface area contributed by atoms with Crippen LogP contribution >= 0.6 is 11.3 Å². The number of imide groups is 1. The van der Waals surface area contributed by atoms with E-state index < -0.39 is 17.5 Å². The number of carbonyl (C=O) groups is 3. The molecule has 1 N–H and O–H groups in total. The van der Waals surface area contributed by atoms with Gasteiger partial charge in [0.25, 0.3) is 5.91 Å². The second-order valence-electron chi connectivity index (χ2n) is 5.79. The van der Waals surface area contributed by atoms with Crippen LogP contribution < -0.4 is 5.32 Å². The third kappa shape index (κ3) is 3.29. The summed E-state index contributed by atoms with van der Waals surface area (Å²) in [4.78, 5) is 40.5. The summed E-state index contributed by atoms with van der Waals surface area (Å²) in [5.74, 6) is -0.667. The Labute approximate surface area is 139 Å². The Bertz CT molecular complexity index is 641. The number of urea groups is 1. The molecule has 124 valence electrons. The standard InChI is InChI=1S/C16H21N3O3S/c1-5-18(9-11(2)3)13(20)10-19-14(21)16(4,17-15(19)22)12-7-6-8-23-12/h6-8H,2,5,9-10H2,1,3-4H3,(H,17,22). The number of amides is 4. The Balaban J connectivity index is 2.15. The van der Waals surface area contributed by atoms with Gasteiger partial charge in [0.1, 0.15) is 6.54 Å². The second kappa shape index (κ2) is 6.54. The first-order valence-corrected chi connectivity index (χ1v) is 8.27. The van der Waals surface area contributed by atoms with E-state index in [1.165, 1.54) is 11.3 Å². The molecular weight excluding hydrogens is 314 g/mol. The topological polar surface area (TPSA) is 69.7 Å². The first kappa shape index (κ1) is 17.2. The Hall–Kier alpha value is -2.15. The van der Waals surface area contributed by atoms with E-state index in [1.54, 1.807) is 17.9 Å². The number of thiophene rings is 1. The van der Waals surface area contributed by atoms with Gasteiger partial charge in [0.05, 0.1) is 0 Å². The van der Waals surface area contributed by atoms with Crippen molar-refractivity contribution in [2.24, 2.45) is 0 Å². The molecule has 1 unspecified atom stereocenters. The number of likely N-dealkylation sites (N-methyl/N-ethyl adjacent to an activating group) is 1. The molecule has 23 heavy (non-hydrogen) atoms. The third-order valence-electron chi connectivity index (χ3n) is 3.78. The zero-order chi connectivity index (χ0) is 17.2. The quantitative estimate of drug-likeness (QED) is 0.638. The summed E-state index contributed by atoms with van der Waals surface area (Å²) < 4.78 is 0. The summed E-state index contributed by atoms with van der Waals surface area (Å²) in [6, 6.07) is 3.09. The lowest BCUT2D eigenvalue weighted by Crippen LogP contribution is -2.44. The maximum Gasteiger partial charge on any atom is 0.325 e. The zero-order valence-electron chi connectivity index (χ0n) is 13.6. The lowest BCUT2D eigenvalue weighted by molar-refractivity contribution is -0.138. The molecule has 1 fully saturated rings. The molecule has 0 aliphatic carbocycles. The van der Waals surface area contributed by atoms with Gasteiger partial charge in [0.15, 0.2) is 5.54 Å². The van der Waals surface area contributed by atoms with Crippen molar-refractivity contribution < 1.29 is 14.4 Å². The number of hydrogen-bond acceptors (Lipinski definition) is 4. The van der Waals surface area contributed by atoms with Crippen molar-refractivity contribution in [1.29, 1.82) is 0 Å². The van der Waals surface area contributed by atoms with Crippen LogP contribution in [0.1, 0.15) is 25.6 Å². The van der Waals surface area contributed by atoms with Crippen molar-refractivity contribution in [3.63, 3.8) is 0 Å². The molecule has 0 radical (unpaired) electrons. The van der Waals surface area contributed by atoms with Gasteiger partial charge in [-0.25, -0.2) is 4.79 Å². The van der Waals surface area contributed by atoms with E-state index in [4.69, 9.17) is 0 Å². The van der Waals surface area contributed by atoms with Crippen LogP contribution in [0.25, 0.3) is 0 Å². The second-order valence-corrected chi connectivity index (χ2v) is 6.74. The summed E-state index contributed by atoms with van der Waals surface area (Å²) in [5, 5.41) is 4.54. The van der Waals surface area contributed by atoms with Crippen LogP contribution in [0, 0.1) is 0 Å². The summed E-state index contributed by atoms with van der Waals surface area (Å²) in [6.45, 7) is 9.79. The molecule has 7 heteroatoms. The third-order valence-corrected chi connectivity index (χ3v) is 4.87. The van der Waals surface area contributed by atoms with E-state index in [-0.39, 0.29) is 12.5 Å². The van der Waals surface area contributed by atoms with Gasteiger partial charge in [-0.15, -0.1) is 11.3 Å². The average Bonchev–Trinajstić information content (AvgIpc) is 3.09. The smallest absolute Gasteiger partial charge is 0.325 e. The van der Waals surface area contributed by atoms with Gasteiger partial charge >= 0.3 is 6.03 Å². The van der Waals surface area contributed by atoms with E-state index in [9.17, 15) is 14.4 Å². The highest BCUT2D eigenvalue weighted by molar-refractivity contribution is 7.10. The summed E-state index contributed by atoms with van der Waals surface area (Å²) in [5.41, 5.74) is -0.252. The van der Waals surface area contributed by atoms with E-state index in [2.05, 4.69) is 11.9 Å². The normalized spacial score (nSPS) is 20.6. The summed E-state index contributed by atoms with van der Waals surface area (Å²) in [6.07, 6.45) is 0. The number of hydrogen-bond donors (Lipinski definition) is 1. The summed E-state index contributed by atoms with van der Waals surface area (Å²) >= 11 is 1.40. The molecule has 0 spiro atoms. The largest absolute Gasteiger partial charge is 0.337 e. The number of rotatable bonds is 6. The van der Waals surface area contributed by atoms with E-state index in [1.807, 2.05) is 25.3 Å². The molecule has 4 amide bonds. The number of carbonyl (C=O) groups excluding carboxylic acids is 3. The van der Waals surface area contributed by atoms with Crippen molar-refractivity contribution >= 4 is 29.2 Å². The minimum Gasteiger partial charge on any atom is -0.337 e. The first-order valence-electron chi connectivity index (χ1n) is 7.39. The molecule has 0 bridgehead atoms. The molecule has 2 rings (SSSR count). The zero-order valence-corrected chi connectivity index (χ0v) is 14.4. The highest BCUT2D eigenvalue weighted by Crippen LogP contribution is 2.31. The van der Waals surface area contributed by atoms with Crippen LogP contribution in [0.5, 0.6) is 0 Å². The lowest BCUT2D eigenvalue weighted by atomic mass is 10.0. The van der Waals surface area contributed by atoms with Crippen LogP contribution in [0.15, 0.2) is 29.7 Å². The number of nitrogens with one attached hydrogen (secondary N) is 1. The highest BCUT2D eigenvalue weighted by atomic mass is 32.1. The average molecular weight is 335 g/mol. The van der Waals surface area contributed by atoms with Gasteiger partial charge in [-0.2, -0.15) is 0 Å². The maximum atomic E-state index is 12.7. The molecular formula is C16H21N3O3S. The van der Waals surface area contributed by atoms with Crippen LogP contribution in [0.3, 0.4) is 0 Å². The molecule has 1 aliphatic heterocycles. The predicted octanol–water partition coefficient (Wildman–Crippen LogP) is 1.94. The van der Waals surface area contributed by atoms with Crippen LogP contribution in [0.2, 0.25) is 0 Å². The molecule has 2 heterocycles. The van der Waals surface area contributed by atoms with Crippen molar-refractivity contribution in [3.05, 3.63) is 34.5 Å². The molecule has 0 saturated carbocycles. The molecule has 1 aliphatic rings. The van der Waals surface area contributed by atoms with Crippen LogP contribution in [-0.4, -0.2) is 47.3 Å². The van der Waals surface area contributed by atoms with Gasteiger partial charge in [0, 0.05) is 18.0 Å². The minimum absolute atomic E-state index is 0.257. The molecule has 6 nitrogen and oxygen atoms in total. The van der Waals surface area contributed by atoms with Gasteiger partial charge < -0.3 is 10.2 Å². The fourth-order valence-corrected chi connectivity index (χ4v) is 3.34. The molecule has 1 atom stereocenters. The molecule has 1 saturated heterocycles. The van der Waals surface area contributed by atoms with Crippen LogP contribution in [0.4, 0.5) is 4.79 Å². The van der Waals surface area contributed by atoms with Gasteiger partial charge in [-0.3, -0.25) is 14.5 Å². The molecule has 1 aromatic heterocycles. The number of nitrogens with zero attached hydrogens (tertiary/aromatic N) is 2. The van der Waals surface area contributed by atoms with E-state index >= 15 is 0 Å². The Morgan fingerprint density at radius 3 is 2.70 bits per heavy atom. The van der Waals surface area contributed by atoms with Crippen molar-refractivity contribution in [3.8, 4) is 0 Å². The summed E-state index contributed by atoms with van der Waals surface area (Å²) in [7, 11) is 0. The Morgan fingerprint density at radius 2 is 2.17 bits per heavy atom. The fourth-order valence-electron chi connectivity index (χ4n) is 2.51. The monoisotopic (exact) mass is 335 g/mol. The predicted molar refractivity (Wildman–Crippen MR) is 89.0 cm³/mol. The first-order chi connectivity index (χ1) is 10.8. The van der Waals surface area contributed by atoms with Crippen molar-refractivity contribution in [2.75, 3.05) is 19.6 Å². The van der Waals surface area contributed by atoms with Crippen LogP contribution in [-0.2, 0) is 15.1 Å². The maximum absolute atomic E-state index is 12.7. The van der Waals surface area contributed by atoms with E-state index in [0.717, 1.165) is 15.4 Å². The minimum atomic E-state index is -1.10. The molecule has 0 aromatic carbocycles. The van der Waals surface area contributed by atoms with Gasteiger partial charge in [-0.05, 0) is 32.2 Å². The molecule has 1 aromatic rings. The Kier molecular flexibility index (Phi) is 4.89. The SMILES string of the molecule is C=C(C)CN(CC)C(=O)CN1C(=O)NC(C)(c2cccs2)C1=O. The lowest BCUT2D eigenvalue weighted by Gasteiger charge is -2.24.